The van der Waals surface area contributed by atoms with Crippen molar-refractivity contribution in [1.29, 1.82) is 0 Å². The van der Waals surface area contributed by atoms with Gasteiger partial charge >= 0.3 is 5.97 Å². The average molecular weight is 251 g/mol. The molecule has 18 heavy (non-hydrogen) atoms. The van der Waals surface area contributed by atoms with Crippen LogP contribution in [0.1, 0.15) is 37.9 Å². The Bertz CT molecular complexity index is 399. The highest BCUT2D eigenvalue weighted by molar-refractivity contribution is 5.71. The summed E-state index contributed by atoms with van der Waals surface area (Å²) in [5, 5.41) is 0. The van der Waals surface area contributed by atoms with E-state index in [0.717, 1.165) is 19.5 Å². The van der Waals surface area contributed by atoms with Crippen molar-refractivity contribution in [2.45, 2.75) is 38.8 Å². The van der Waals surface area contributed by atoms with E-state index in [-0.39, 0.29) is 5.97 Å². The van der Waals surface area contributed by atoms with Crippen LogP contribution in [0, 0.1) is 0 Å². The molecule has 0 amide bonds. The molecule has 0 bridgehead atoms. The van der Waals surface area contributed by atoms with Crippen LogP contribution in [0.25, 0.3) is 0 Å². The molecule has 1 heterocycles. The summed E-state index contributed by atoms with van der Waals surface area (Å²) in [6.07, 6.45) is 7.31. The van der Waals surface area contributed by atoms with Gasteiger partial charge in [0, 0.05) is 18.8 Å². The molecule has 0 spiro atoms. The van der Waals surface area contributed by atoms with Crippen molar-refractivity contribution in [3.63, 3.8) is 0 Å². The maximum Gasteiger partial charge on any atom is 0.319 e. The third-order valence-corrected chi connectivity index (χ3v) is 3.19. The molecule has 1 aromatic rings. The molecule has 0 radical (unpaired) electrons. The predicted molar refractivity (Wildman–Crippen MR) is 68.1 cm³/mol. The van der Waals surface area contributed by atoms with E-state index in [1.165, 1.54) is 25.6 Å². The minimum absolute atomic E-state index is 0.180. The third kappa shape index (κ3) is 3.32. The van der Waals surface area contributed by atoms with Gasteiger partial charge in [0.05, 0.1) is 25.7 Å². The molecule has 1 aliphatic carbocycles. The highest BCUT2D eigenvalue weighted by atomic mass is 16.5. The van der Waals surface area contributed by atoms with Crippen LogP contribution in [-0.4, -0.2) is 40.6 Å². The first-order valence-electron chi connectivity index (χ1n) is 6.54. The Labute approximate surface area is 108 Å². The number of aromatic nitrogens is 2. The summed E-state index contributed by atoms with van der Waals surface area (Å²) in [4.78, 5) is 17.7. The van der Waals surface area contributed by atoms with Crippen LogP contribution < -0.4 is 0 Å². The zero-order valence-corrected chi connectivity index (χ0v) is 11.1. The molecule has 2 rings (SSSR count). The number of hydrogen-bond donors (Lipinski definition) is 0. The number of nitrogens with zero attached hydrogens (tertiary/aromatic N) is 3. The van der Waals surface area contributed by atoms with Gasteiger partial charge in [-0.25, -0.2) is 4.98 Å². The van der Waals surface area contributed by atoms with Crippen LogP contribution in [0.4, 0.5) is 0 Å². The predicted octanol–water partition coefficient (Wildman–Crippen LogP) is 1.60. The first-order chi connectivity index (χ1) is 8.74. The summed E-state index contributed by atoms with van der Waals surface area (Å²) in [5.41, 5.74) is 1.19. The second-order valence-electron chi connectivity index (χ2n) is 4.81. The van der Waals surface area contributed by atoms with Gasteiger partial charge in [0.2, 0.25) is 0 Å². The molecule has 0 N–H and O–H groups in total. The Kier molecular flexibility index (Phi) is 4.36. The molecule has 5 heteroatoms. The topological polar surface area (TPSA) is 47.4 Å². The van der Waals surface area contributed by atoms with Crippen molar-refractivity contribution in [1.82, 2.24) is 14.5 Å². The van der Waals surface area contributed by atoms with E-state index in [4.69, 9.17) is 4.74 Å². The Hall–Kier alpha value is -1.36. The number of methoxy groups -OCH3 is 1. The number of ether oxygens (including phenoxy) is 1. The number of imidazole rings is 1. The molecule has 1 aromatic heterocycles. The molecule has 0 atom stereocenters. The fraction of sp³-hybridized carbons (Fsp3) is 0.692. The van der Waals surface area contributed by atoms with Gasteiger partial charge in [-0.2, -0.15) is 0 Å². The van der Waals surface area contributed by atoms with Crippen LogP contribution in [0.5, 0.6) is 0 Å². The summed E-state index contributed by atoms with van der Waals surface area (Å²) in [7, 11) is 1.43. The SMILES string of the molecule is CCCN(CC(=O)OC)Cc1cncn1C1CC1. The van der Waals surface area contributed by atoms with Crippen molar-refractivity contribution >= 4 is 5.97 Å². The largest absolute Gasteiger partial charge is 0.468 e. The van der Waals surface area contributed by atoms with Crippen molar-refractivity contribution in [3.05, 3.63) is 18.2 Å². The van der Waals surface area contributed by atoms with E-state index in [0.29, 0.717) is 12.6 Å². The van der Waals surface area contributed by atoms with Crippen LogP contribution in [0.3, 0.4) is 0 Å². The van der Waals surface area contributed by atoms with Gasteiger partial charge < -0.3 is 9.30 Å². The molecule has 0 unspecified atom stereocenters. The normalized spacial score (nSPS) is 15.1. The summed E-state index contributed by atoms with van der Waals surface area (Å²) >= 11 is 0. The third-order valence-electron chi connectivity index (χ3n) is 3.19. The van der Waals surface area contributed by atoms with Gasteiger partial charge in [0.1, 0.15) is 0 Å². The van der Waals surface area contributed by atoms with E-state index < -0.39 is 0 Å². The number of carbonyl (C=O) groups excluding carboxylic acids is 1. The maximum atomic E-state index is 11.4. The van der Waals surface area contributed by atoms with Gasteiger partial charge in [0.25, 0.3) is 0 Å². The van der Waals surface area contributed by atoms with Gasteiger partial charge in [0.15, 0.2) is 0 Å². The fourth-order valence-corrected chi connectivity index (χ4v) is 2.14. The molecular formula is C13H21N3O2. The number of rotatable bonds is 7. The molecule has 1 aliphatic rings. The molecule has 0 saturated heterocycles. The number of esters is 1. The highest BCUT2D eigenvalue weighted by Gasteiger charge is 2.25. The lowest BCUT2D eigenvalue weighted by molar-refractivity contribution is -0.142. The molecule has 0 aliphatic heterocycles. The number of hydrogen-bond acceptors (Lipinski definition) is 4. The standard InChI is InChI=1S/C13H21N3O2/c1-3-6-15(9-13(17)18-2)8-12-7-14-10-16(12)11-4-5-11/h7,10-11H,3-6,8-9H2,1-2H3. The minimum atomic E-state index is -0.180. The first kappa shape index (κ1) is 13.1. The van der Waals surface area contributed by atoms with Crippen molar-refractivity contribution in [2.75, 3.05) is 20.2 Å². The monoisotopic (exact) mass is 251 g/mol. The van der Waals surface area contributed by atoms with Crippen molar-refractivity contribution < 1.29 is 9.53 Å². The lowest BCUT2D eigenvalue weighted by Crippen LogP contribution is -2.31. The maximum absolute atomic E-state index is 11.4. The van der Waals surface area contributed by atoms with Crippen LogP contribution in [-0.2, 0) is 16.1 Å². The van der Waals surface area contributed by atoms with Gasteiger partial charge in [-0.05, 0) is 25.8 Å². The highest BCUT2D eigenvalue weighted by Crippen LogP contribution is 2.35. The van der Waals surface area contributed by atoms with E-state index in [1.807, 2.05) is 12.5 Å². The van der Waals surface area contributed by atoms with Crippen LogP contribution in [0.15, 0.2) is 12.5 Å². The Balaban J connectivity index is 1.98. The molecule has 5 nitrogen and oxygen atoms in total. The van der Waals surface area contributed by atoms with Crippen molar-refractivity contribution in [3.8, 4) is 0 Å². The van der Waals surface area contributed by atoms with E-state index in [2.05, 4.69) is 21.4 Å². The smallest absolute Gasteiger partial charge is 0.319 e. The van der Waals surface area contributed by atoms with Crippen LogP contribution >= 0.6 is 0 Å². The Morgan fingerprint density at radius 2 is 2.39 bits per heavy atom. The lowest BCUT2D eigenvalue weighted by atomic mass is 10.3. The average Bonchev–Trinajstić information content (AvgIpc) is 3.10. The number of carbonyl (C=O) groups is 1. The van der Waals surface area contributed by atoms with Crippen molar-refractivity contribution in [2.24, 2.45) is 0 Å². The second kappa shape index (κ2) is 6.00. The molecular weight excluding hydrogens is 230 g/mol. The second-order valence-corrected chi connectivity index (χ2v) is 4.81. The molecule has 100 valence electrons. The van der Waals surface area contributed by atoms with E-state index >= 15 is 0 Å². The Morgan fingerprint density at radius 1 is 1.61 bits per heavy atom. The minimum Gasteiger partial charge on any atom is -0.468 e. The van der Waals surface area contributed by atoms with Crippen LogP contribution in [0.2, 0.25) is 0 Å². The molecule has 1 saturated carbocycles. The molecule has 0 aromatic carbocycles. The van der Waals surface area contributed by atoms with E-state index in [9.17, 15) is 4.79 Å². The Morgan fingerprint density at radius 3 is 3.00 bits per heavy atom. The molecule has 1 fully saturated rings. The first-order valence-corrected chi connectivity index (χ1v) is 6.54. The summed E-state index contributed by atoms with van der Waals surface area (Å²) in [5.74, 6) is -0.180. The zero-order valence-electron chi connectivity index (χ0n) is 11.1. The quantitative estimate of drug-likeness (QED) is 0.691. The van der Waals surface area contributed by atoms with Gasteiger partial charge in [-0.3, -0.25) is 9.69 Å². The van der Waals surface area contributed by atoms with E-state index in [1.54, 1.807) is 0 Å². The fourth-order valence-electron chi connectivity index (χ4n) is 2.14. The lowest BCUT2D eigenvalue weighted by Gasteiger charge is -2.20. The summed E-state index contributed by atoms with van der Waals surface area (Å²) in [6.45, 7) is 4.12. The van der Waals surface area contributed by atoms with Gasteiger partial charge in [-0.1, -0.05) is 6.92 Å². The zero-order chi connectivity index (χ0) is 13.0. The van der Waals surface area contributed by atoms with Gasteiger partial charge in [-0.15, -0.1) is 0 Å². The summed E-state index contributed by atoms with van der Waals surface area (Å²) < 4.78 is 6.97. The summed E-state index contributed by atoms with van der Waals surface area (Å²) in [6, 6.07) is 0.629.